The molecule has 0 aliphatic heterocycles. The van der Waals surface area contributed by atoms with E-state index in [4.69, 9.17) is 20.4 Å². The average Bonchev–Trinajstić information content (AvgIpc) is 3.20. The predicted molar refractivity (Wildman–Crippen MR) is 137 cm³/mol. The number of carbonyl (C=O) groups excluding carboxylic acids is 2. The SMILES string of the molecule is CCCCOC(=O)CNC(=O)c1ccc(-n2c(N)c(C#N)c3nc4ccccc4nc32)cc1.O=C(O)C(F)(F)F. The quantitative estimate of drug-likeness (QED) is 0.226. The van der Waals surface area contributed by atoms with Crippen molar-refractivity contribution in [1.29, 1.82) is 5.26 Å². The van der Waals surface area contributed by atoms with E-state index in [-0.39, 0.29) is 17.9 Å². The number of benzene rings is 2. The molecule has 4 rings (SSSR count). The lowest BCUT2D eigenvalue weighted by Crippen LogP contribution is -2.30. The first-order valence-electron chi connectivity index (χ1n) is 11.8. The molecule has 0 atom stereocenters. The fourth-order valence-corrected chi connectivity index (χ4v) is 3.43. The van der Waals surface area contributed by atoms with Gasteiger partial charge < -0.3 is 20.9 Å². The van der Waals surface area contributed by atoms with Crippen molar-refractivity contribution in [3.05, 3.63) is 59.7 Å². The minimum Gasteiger partial charge on any atom is -0.475 e. The van der Waals surface area contributed by atoms with Gasteiger partial charge in [0.25, 0.3) is 5.91 Å². The number of nitriles is 1. The zero-order valence-corrected chi connectivity index (χ0v) is 21.0. The van der Waals surface area contributed by atoms with Gasteiger partial charge in [-0.2, -0.15) is 18.4 Å². The highest BCUT2D eigenvalue weighted by molar-refractivity contribution is 5.97. The lowest BCUT2D eigenvalue weighted by atomic mass is 10.2. The van der Waals surface area contributed by atoms with Crippen molar-refractivity contribution in [2.45, 2.75) is 25.9 Å². The molecule has 0 unspecified atom stereocenters. The first kappa shape index (κ1) is 29.4. The number of nitrogen functional groups attached to an aromatic ring is 1. The topological polar surface area (TPSA) is 173 Å². The standard InChI is InChI=1S/C24H22N6O3.C2HF3O2/c1-2-3-12-33-20(31)14-27-24(32)15-8-10-16(11-9-15)30-22(26)17(13-25)21-23(30)29-19-7-5-4-6-18(19)28-21;3-2(4,5)1(6)7/h4-11H,2-3,12,14,26H2,1H3,(H,27,32);(H,6,7). The van der Waals surface area contributed by atoms with E-state index in [2.05, 4.69) is 21.4 Å². The van der Waals surface area contributed by atoms with Gasteiger partial charge in [0.2, 0.25) is 0 Å². The van der Waals surface area contributed by atoms with Gasteiger partial charge >= 0.3 is 18.1 Å². The van der Waals surface area contributed by atoms with Crippen LogP contribution in [0.15, 0.2) is 48.5 Å². The Morgan fingerprint density at radius 3 is 2.25 bits per heavy atom. The van der Waals surface area contributed by atoms with Gasteiger partial charge in [0.15, 0.2) is 5.65 Å². The Labute approximate surface area is 225 Å². The molecule has 4 aromatic rings. The Morgan fingerprint density at radius 2 is 1.70 bits per heavy atom. The van der Waals surface area contributed by atoms with Crippen LogP contribution in [0.3, 0.4) is 0 Å². The molecule has 1 amide bonds. The molecule has 0 fully saturated rings. The summed E-state index contributed by atoms with van der Waals surface area (Å²) in [6.45, 7) is 2.14. The molecule has 4 N–H and O–H groups in total. The van der Waals surface area contributed by atoms with Gasteiger partial charge in [0.05, 0.1) is 17.6 Å². The van der Waals surface area contributed by atoms with E-state index >= 15 is 0 Å². The number of hydrogen-bond donors (Lipinski definition) is 3. The lowest BCUT2D eigenvalue weighted by molar-refractivity contribution is -0.192. The number of para-hydroxylation sites is 2. The van der Waals surface area contributed by atoms with Crippen LogP contribution in [-0.2, 0) is 14.3 Å². The zero-order valence-electron chi connectivity index (χ0n) is 21.0. The molecule has 14 heteroatoms. The van der Waals surface area contributed by atoms with Crippen LogP contribution in [0.2, 0.25) is 0 Å². The maximum Gasteiger partial charge on any atom is 0.490 e. The van der Waals surface area contributed by atoms with Crippen molar-refractivity contribution >= 4 is 45.9 Å². The number of hydrogen-bond acceptors (Lipinski definition) is 8. The second-order valence-electron chi connectivity index (χ2n) is 8.20. The van der Waals surface area contributed by atoms with Crippen LogP contribution in [-0.4, -0.2) is 56.8 Å². The number of anilines is 1. The van der Waals surface area contributed by atoms with Gasteiger partial charge in [0.1, 0.15) is 29.5 Å². The van der Waals surface area contributed by atoms with Crippen LogP contribution in [0.5, 0.6) is 0 Å². The number of fused-ring (bicyclic) bond motifs is 2. The van der Waals surface area contributed by atoms with Crippen molar-refractivity contribution in [2.75, 3.05) is 18.9 Å². The number of alkyl halides is 3. The van der Waals surface area contributed by atoms with Crippen LogP contribution >= 0.6 is 0 Å². The molecule has 0 radical (unpaired) electrons. The highest BCUT2D eigenvalue weighted by Crippen LogP contribution is 2.30. The van der Waals surface area contributed by atoms with Crippen LogP contribution in [0.4, 0.5) is 19.0 Å². The number of amides is 1. The molecule has 0 spiro atoms. The number of halogens is 3. The van der Waals surface area contributed by atoms with E-state index in [1.54, 1.807) is 28.8 Å². The number of rotatable bonds is 7. The predicted octanol–water partition coefficient (Wildman–Crippen LogP) is 3.73. The molecule has 2 aromatic carbocycles. The fraction of sp³-hybridized carbons (Fsp3) is 0.231. The van der Waals surface area contributed by atoms with Crippen molar-refractivity contribution in [2.24, 2.45) is 0 Å². The number of nitrogens with zero attached hydrogens (tertiary/aromatic N) is 4. The van der Waals surface area contributed by atoms with Gasteiger partial charge in [-0.3, -0.25) is 14.2 Å². The number of aliphatic carboxylic acids is 1. The van der Waals surface area contributed by atoms with Crippen molar-refractivity contribution in [3.8, 4) is 11.8 Å². The van der Waals surface area contributed by atoms with Crippen LogP contribution in [0, 0.1) is 11.3 Å². The van der Waals surface area contributed by atoms with E-state index in [9.17, 15) is 28.0 Å². The monoisotopic (exact) mass is 556 g/mol. The third-order valence-corrected chi connectivity index (χ3v) is 5.39. The minimum absolute atomic E-state index is 0.201. The molecule has 208 valence electrons. The molecular formula is C26H23F3N6O5. The summed E-state index contributed by atoms with van der Waals surface area (Å²) >= 11 is 0. The van der Waals surface area contributed by atoms with E-state index in [1.165, 1.54) is 0 Å². The third kappa shape index (κ3) is 6.81. The van der Waals surface area contributed by atoms with Crippen LogP contribution < -0.4 is 11.1 Å². The second kappa shape index (κ2) is 12.6. The van der Waals surface area contributed by atoms with Crippen molar-refractivity contribution < 1.29 is 37.4 Å². The molecule has 0 aliphatic rings. The number of nitrogens with two attached hydrogens (primary N) is 1. The van der Waals surface area contributed by atoms with Crippen LogP contribution in [0.25, 0.3) is 27.9 Å². The summed E-state index contributed by atoms with van der Waals surface area (Å²) < 4.78 is 38.4. The number of carboxylic acids is 1. The van der Waals surface area contributed by atoms with Gasteiger partial charge in [0, 0.05) is 11.3 Å². The highest BCUT2D eigenvalue weighted by Gasteiger charge is 2.38. The molecule has 0 saturated heterocycles. The molecule has 2 heterocycles. The Bertz CT molecular complexity index is 1590. The Morgan fingerprint density at radius 1 is 1.10 bits per heavy atom. The molecular weight excluding hydrogens is 533 g/mol. The Kier molecular flexibility index (Phi) is 9.23. The normalized spacial score (nSPS) is 10.9. The number of esters is 1. The number of ether oxygens (including phenoxy) is 1. The summed E-state index contributed by atoms with van der Waals surface area (Å²) in [7, 11) is 0. The number of nitrogens with one attached hydrogen (secondary N) is 1. The number of carbonyl (C=O) groups is 3. The molecule has 0 aliphatic carbocycles. The van der Waals surface area contributed by atoms with Crippen molar-refractivity contribution in [1.82, 2.24) is 19.9 Å². The van der Waals surface area contributed by atoms with Gasteiger partial charge in [-0.15, -0.1) is 0 Å². The Hall–Kier alpha value is -5.19. The molecule has 0 bridgehead atoms. The zero-order chi connectivity index (χ0) is 29.4. The minimum atomic E-state index is -5.08. The largest absolute Gasteiger partial charge is 0.490 e. The lowest BCUT2D eigenvalue weighted by Gasteiger charge is -2.09. The van der Waals surface area contributed by atoms with E-state index < -0.39 is 24.0 Å². The molecule has 11 nitrogen and oxygen atoms in total. The number of aromatic nitrogens is 3. The van der Waals surface area contributed by atoms with Gasteiger partial charge in [-0.05, 0) is 42.8 Å². The summed E-state index contributed by atoms with van der Waals surface area (Å²) in [4.78, 5) is 42.2. The van der Waals surface area contributed by atoms with E-state index in [0.29, 0.717) is 40.1 Å². The summed E-state index contributed by atoms with van der Waals surface area (Å²) in [5, 5.41) is 19.3. The second-order valence-corrected chi connectivity index (χ2v) is 8.20. The van der Waals surface area contributed by atoms with Gasteiger partial charge in [-0.25, -0.2) is 14.8 Å². The maximum absolute atomic E-state index is 12.4. The smallest absolute Gasteiger partial charge is 0.475 e. The van der Waals surface area contributed by atoms with Gasteiger partial charge in [-0.1, -0.05) is 25.5 Å². The summed E-state index contributed by atoms with van der Waals surface area (Å²) in [6.07, 6.45) is -3.38. The van der Waals surface area contributed by atoms with Crippen LogP contribution in [0.1, 0.15) is 35.7 Å². The van der Waals surface area contributed by atoms with E-state index in [0.717, 1.165) is 12.8 Å². The van der Waals surface area contributed by atoms with E-state index in [1.807, 2.05) is 31.2 Å². The average molecular weight is 557 g/mol. The summed E-state index contributed by atoms with van der Waals surface area (Å²) in [5.41, 5.74) is 9.72. The first-order chi connectivity index (χ1) is 19.0. The first-order valence-corrected chi connectivity index (χ1v) is 11.8. The molecule has 40 heavy (non-hydrogen) atoms. The number of unbranched alkanes of at least 4 members (excludes halogenated alkanes) is 1. The maximum atomic E-state index is 12.4. The Balaban J connectivity index is 0.000000559. The highest BCUT2D eigenvalue weighted by atomic mass is 19.4. The fourth-order valence-electron chi connectivity index (χ4n) is 3.43. The van der Waals surface area contributed by atoms with Crippen molar-refractivity contribution in [3.63, 3.8) is 0 Å². The number of carboxylic acid groups (broad SMARTS) is 1. The molecule has 0 saturated carbocycles. The summed E-state index contributed by atoms with van der Waals surface area (Å²) in [5.74, 6) is -3.42. The molecule has 2 aromatic heterocycles. The third-order valence-electron chi connectivity index (χ3n) is 5.39. The summed E-state index contributed by atoms with van der Waals surface area (Å²) in [6, 6.07) is 16.1.